The number of amides is 2. The van der Waals surface area contributed by atoms with Gasteiger partial charge in [-0.3, -0.25) is 9.59 Å². The van der Waals surface area contributed by atoms with Gasteiger partial charge in [0.15, 0.2) is 0 Å². The second-order valence-corrected chi connectivity index (χ2v) is 6.44. The normalized spacial score (nSPS) is 20.4. The molecule has 2 amide bonds. The molecule has 0 bridgehead atoms. The Labute approximate surface area is 146 Å². The van der Waals surface area contributed by atoms with Crippen LogP contribution < -0.4 is 5.32 Å². The topological polar surface area (TPSA) is 58.6 Å². The first kappa shape index (κ1) is 19.3. The van der Waals surface area contributed by atoms with E-state index in [1.54, 1.807) is 12.0 Å². The van der Waals surface area contributed by atoms with Gasteiger partial charge in [0.05, 0.1) is 5.60 Å². The van der Waals surface area contributed by atoms with Crippen molar-refractivity contribution in [1.29, 1.82) is 0 Å². The van der Waals surface area contributed by atoms with E-state index in [1.807, 2.05) is 0 Å². The Morgan fingerprint density at radius 3 is 2.76 bits per heavy atom. The molecule has 0 aromatic heterocycles. The van der Waals surface area contributed by atoms with Crippen LogP contribution in [0.15, 0.2) is 18.2 Å². The fraction of sp³-hybridized carbons (Fsp3) is 0.556. The number of methoxy groups -OCH3 is 1. The summed E-state index contributed by atoms with van der Waals surface area (Å²) in [7, 11) is 1.59. The minimum atomic E-state index is -0.682. The number of rotatable bonds is 6. The first-order valence-electron chi connectivity index (χ1n) is 8.36. The van der Waals surface area contributed by atoms with Crippen LogP contribution in [0.1, 0.15) is 38.2 Å². The predicted molar refractivity (Wildman–Crippen MR) is 88.7 cm³/mol. The number of nitrogens with one attached hydrogen (secondary N) is 1. The molecule has 1 aliphatic heterocycles. The second kappa shape index (κ2) is 8.38. The molecular formula is C18H24F2N2O3. The van der Waals surface area contributed by atoms with Gasteiger partial charge in [-0.2, -0.15) is 0 Å². The molecule has 1 N–H and O–H groups in total. The summed E-state index contributed by atoms with van der Waals surface area (Å²) < 4.78 is 32.1. The van der Waals surface area contributed by atoms with Crippen molar-refractivity contribution in [2.75, 3.05) is 20.2 Å². The Morgan fingerprint density at radius 1 is 1.36 bits per heavy atom. The highest BCUT2D eigenvalue weighted by molar-refractivity contribution is 5.76. The molecule has 1 aliphatic rings. The molecule has 0 aliphatic carbocycles. The maximum atomic E-state index is 13.6. The molecule has 0 spiro atoms. The molecule has 1 heterocycles. The van der Waals surface area contributed by atoms with Gasteiger partial charge in [-0.15, -0.1) is 0 Å². The van der Waals surface area contributed by atoms with Gasteiger partial charge in [-0.1, -0.05) is 6.07 Å². The van der Waals surface area contributed by atoms with Crippen molar-refractivity contribution in [2.45, 2.75) is 44.8 Å². The van der Waals surface area contributed by atoms with E-state index in [-0.39, 0.29) is 30.3 Å². The Hall–Kier alpha value is -2.02. The quantitative estimate of drug-likeness (QED) is 0.853. The minimum Gasteiger partial charge on any atom is -0.376 e. The summed E-state index contributed by atoms with van der Waals surface area (Å²) >= 11 is 0. The van der Waals surface area contributed by atoms with Gasteiger partial charge in [0.1, 0.15) is 11.6 Å². The fourth-order valence-electron chi connectivity index (χ4n) is 3.13. The summed E-state index contributed by atoms with van der Waals surface area (Å²) in [5.41, 5.74) is -0.292. The van der Waals surface area contributed by atoms with Gasteiger partial charge in [0.25, 0.3) is 0 Å². The SMILES string of the molecule is COC1(CCC(=O)NCc2ccc(F)cc2F)CCCN(C(C)=O)C1. The second-order valence-electron chi connectivity index (χ2n) is 6.44. The van der Waals surface area contributed by atoms with E-state index < -0.39 is 17.2 Å². The predicted octanol–water partition coefficient (Wildman–Crippen LogP) is 2.39. The van der Waals surface area contributed by atoms with Crippen LogP contribution in [-0.4, -0.2) is 42.5 Å². The van der Waals surface area contributed by atoms with Gasteiger partial charge < -0.3 is 15.0 Å². The maximum Gasteiger partial charge on any atom is 0.220 e. The van der Waals surface area contributed by atoms with Crippen molar-refractivity contribution in [1.82, 2.24) is 10.2 Å². The number of carbonyl (C=O) groups is 2. The number of likely N-dealkylation sites (tertiary alicyclic amines) is 1. The standard InChI is InChI=1S/C18H24F2N2O3/c1-13(23)22-9-3-7-18(12-22,25-2)8-6-17(24)21-11-14-4-5-15(19)10-16(14)20/h4-5,10H,3,6-9,11-12H2,1-2H3,(H,21,24). The monoisotopic (exact) mass is 354 g/mol. The van der Waals surface area contributed by atoms with Crippen LogP contribution in [0.5, 0.6) is 0 Å². The average molecular weight is 354 g/mol. The van der Waals surface area contributed by atoms with Crippen molar-refractivity contribution in [3.8, 4) is 0 Å². The third-order valence-electron chi connectivity index (χ3n) is 4.72. The molecular weight excluding hydrogens is 330 g/mol. The van der Waals surface area contributed by atoms with Crippen LogP contribution in [0.3, 0.4) is 0 Å². The minimum absolute atomic E-state index is 0.00244. The Morgan fingerprint density at radius 2 is 2.12 bits per heavy atom. The molecule has 2 rings (SSSR count). The smallest absolute Gasteiger partial charge is 0.220 e. The zero-order valence-corrected chi connectivity index (χ0v) is 14.6. The summed E-state index contributed by atoms with van der Waals surface area (Å²) in [4.78, 5) is 25.4. The number of benzene rings is 1. The molecule has 7 heteroatoms. The number of ether oxygens (including phenoxy) is 1. The molecule has 1 atom stereocenters. The summed E-state index contributed by atoms with van der Waals surface area (Å²) in [6.45, 7) is 2.70. The summed E-state index contributed by atoms with van der Waals surface area (Å²) in [6, 6.07) is 3.26. The third-order valence-corrected chi connectivity index (χ3v) is 4.72. The Kier molecular flexibility index (Phi) is 6.47. The zero-order chi connectivity index (χ0) is 18.4. The highest BCUT2D eigenvalue weighted by atomic mass is 19.1. The van der Waals surface area contributed by atoms with Crippen molar-refractivity contribution in [2.24, 2.45) is 0 Å². The molecule has 138 valence electrons. The highest BCUT2D eigenvalue weighted by Crippen LogP contribution is 2.29. The summed E-state index contributed by atoms with van der Waals surface area (Å²) in [5, 5.41) is 2.64. The Bertz CT molecular complexity index is 639. The van der Waals surface area contributed by atoms with E-state index in [4.69, 9.17) is 4.74 Å². The molecule has 1 aromatic carbocycles. The van der Waals surface area contributed by atoms with Gasteiger partial charge in [-0.25, -0.2) is 8.78 Å². The van der Waals surface area contributed by atoms with E-state index in [9.17, 15) is 18.4 Å². The van der Waals surface area contributed by atoms with Crippen molar-refractivity contribution >= 4 is 11.8 Å². The Balaban J connectivity index is 1.86. The van der Waals surface area contributed by atoms with Gasteiger partial charge in [-0.05, 0) is 25.3 Å². The maximum absolute atomic E-state index is 13.6. The van der Waals surface area contributed by atoms with Gasteiger partial charge >= 0.3 is 0 Å². The molecule has 1 unspecified atom stereocenters. The number of hydrogen-bond acceptors (Lipinski definition) is 3. The largest absolute Gasteiger partial charge is 0.376 e. The van der Waals surface area contributed by atoms with Gasteiger partial charge in [0, 0.05) is 51.7 Å². The van der Waals surface area contributed by atoms with Crippen LogP contribution >= 0.6 is 0 Å². The average Bonchev–Trinajstić information content (AvgIpc) is 2.59. The molecule has 1 saturated heterocycles. The van der Waals surface area contributed by atoms with Crippen LogP contribution in [0.2, 0.25) is 0 Å². The lowest BCUT2D eigenvalue weighted by molar-refractivity contribution is -0.139. The fourth-order valence-corrected chi connectivity index (χ4v) is 3.13. The summed E-state index contributed by atoms with van der Waals surface area (Å²) in [5.74, 6) is -1.57. The van der Waals surface area contributed by atoms with Crippen LogP contribution in [0.25, 0.3) is 0 Å². The molecule has 1 fully saturated rings. The lowest BCUT2D eigenvalue weighted by atomic mass is 9.87. The van der Waals surface area contributed by atoms with Crippen molar-refractivity contribution in [3.63, 3.8) is 0 Å². The van der Waals surface area contributed by atoms with E-state index in [2.05, 4.69) is 5.32 Å². The summed E-state index contributed by atoms with van der Waals surface area (Å²) in [6.07, 6.45) is 2.30. The first-order valence-corrected chi connectivity index (χ1v) is 8.36. The number of hydrogen-bond donors (Lipinski definition) is 1. The molecule has 5 nitrogen and oxygen atoms in total. The molecule has 0 radical (unpaired) electrons. The molecule has 25 heavy (non-hydrogen) atoms. The number of halogens is 2. The van der Waals surface area contributed by atoms with Gasteiger partial charge in [0.2, 0.25) is 11.8 Å². The van der Waals surface area contributed by atoms with Crippen LogP contribution in [-0.2, 0) is 20.9 Å². The van der Waals surface area contributed by atoms with Crippen LogP contribution in [0.4, 0.5) is 8.78 Å². The van der Waals surface area contributed by atoms with E-state index in [1.165, 1.54) is 13.0 Å². The number of nitrogens with zero attached hydrogens (tertiary/aromatic N) is 1. The lowest BCUT2D eigenvalue weighted by Crippen LogP contribution is -2.51. The van der Waals surface area contributed by atoms with Crippen molar-refractivity contribution < 1.29 is 23.1 Å². The van der Waals surface area contributed by atoms with E-state index in [0.29, 0.717) is 19.5 Å². The third kappa shape index (κ3) is 5.22. The van der Waals surface area contributed by atoms with E-state index in [0.717, 1.165) is 25.0 Å². The number of carbonyl (C=O) groups excluding carboxylic acids is 2. The molecule has 1 aromatic rings. The van der Waals surface area contributed by atoms with Crippen LogP contribution in [0, 0.1) is 11.6 Å². The zero-order valence-electron chi connectivity index (χ0n) is 14.6. The van der Waals surface area contributed by atoms with Crippen molar-refractivity contribution in [3.05, 3.63) is 35.4 Å². The molecule has 0 saturated carbocycles. The first-order chi connectivity index (χ1) is 11.8. The lowest BCUT2D eigenvalue weighted by Gasteiger charge is -2.41. The number of piperidine rings is 1. The van der Waals surface area contributed by atoms with E-state index >= 15 is 0 Å². The highest BCUT2D eigenvalue weighted by Gasteiger charge is 2.36.